The summed E-state index contributed by atoms with van der Waals surface area (Å²) in [7, 11) is 0.243. The first-order chi connectivity index (χ1) is 5.35. The molecule has 1 N–H and O–H groups in total. The van der Waals surface area contributed by atoms with Gasteiger partial charge >= 0.3 is 0 Å². The van der Waals surface area contributed by atoms with Gasteiger partial charge in [0.1, 0.15) is 0 Å². The average molecular weight is 188 g/mol. The Labute approximate surface area is 77.3 Å². The summed E-state index contributed by atoms with van der Waals surface area (Å²) in [5.41, 5.74) is -0.328. The molecule has 0 bridgehead atoms. The van der Waals surface area contributed by atoms with Crippen molar-refractivity contribution < 1.29 is 5.11 Å². The second-order valence-electron chi connectivity index (χ2n) is 5.08. The van der Waals surface area contributed by atoms with E-state index in [1.54, 1.807) is 0 Å². The summed E-state index contributed by atoms with van der Waals surface area (Å²) >= 11 is 0. The molecule has 0 aromatic rings. The standard InChI is InChI=1S/C10H21OP/c1-9(2,3)10(11)5-7-12(4)8-6-10/h11H,5-8H2,1-4H3. The molecule has 0 amide bonds. The molecule has 0 aromatic carbocycles. The summed E-state index contributed by atoms with van der Waals surface area (Å²) < 4.78 is 0. The van der Waals surface area contributed by atoms with E-state index in [-0.39, 0.29) is 18.9 Å². The van der Waals surface area contributed by atoms with Crippen molar-refractivity contribution in [1.82, 2.24) is 0 Å². The van der Waals surface area contributed by atoms with Gasteiger partial charge in [-0.2, -0.15) is 0 Å². The van der Waals surface area contributed by atoms with Gasteiger partial charge in [0.25, 0.3) is 0 Å². The summed E-state index contributed by atoms with van der Waals surface area (Å²) in [6.07, 6.45) is 4.53. The number of hydrogen-bond donors (Lipinski definition) is 1. The van der Waals surface area contributed by atoms with Gasteiger partial charge in [0.05, 0.1) is 5.60 Å². The summed E-state index contributed by atoms with van der Waals surface area (Å²) in [6, 6.07) is 0. The molecular formula is C10H21OP. The first kappa shape index (κ1) is 10.5. The smallest absolute Gasteiger partial charge is 0.0702 e. The molecule has 1 saturated heterocycles. The molecular weight excluding hydrogens is 167 g/mol. The maximum absolute atomic E-state index is 10.3. The van der Waals surface area contributed by atoms with E-state index < -0.39 is 0 Å². The van der Waals surface area contributed by atoms with Crippen molar-refractivity contribution in [3.63, 3.8) is 0 Å². The molecule has 2 heteroatoms. The zero-order valence-electron chi connectivity index (χ0n) is 8.72. The lowest BCUT2D eigenvalue weighted by molar-refractivity contribution is -0.0646. The van der Waals surface area contributed by atoms with Crippen LogP contribution in [0.2, 0.25) is 0 Å². The lowest BCUT2D eigenvalue weighted by atomic mass is 9.73. The Morgan fingerprint density at radius 1 is 1.17 bits per heavy atom. The third-order valence-corrected chi connectivity index (χ3v) is 5.18. The molecule has 1 fully saturated rings. The van der Waals surface area contributed by atoms with Crippen molar-refractivity contribution in [3.8, 4) is 0 Å². The van der Waals surface area contributed by atoms with Crippen LogP contribution in [0.5, 0.6) is 0 Å². The topological polar surface area (TPSA) is 20.2 Å². The van der Waals surface area contributed by atoms with Crippen LogP contribution in [-0.2, 0) is 0 Å². The Morgan fingerprint density at radius 2 is 1.58 bits per heavy atom. The second kappa shape index (κ2) is 3.27. The second-order valence-corrected chi connectivity index (χ2v) is 7.69. The van der Waals surface area contributed by atoms with E-state index in [2.05, 4.69) is 27.4 Å². The van der Waals surface area contributed by atoms with Crippen molar-refractivity contribution in [2.75, 3.05) is 19.0 Å². The van der Waals surface area contributed by atoms with Crippen LogP contribution in [0.15, 0.2) is 0 Å². The van der Waals surface area contributed by atoms with Crippen LogP contribution in [0.25, 0.3) is 0 Å². The van der Waals surface area contributed by atoms with Gasteiger partial charge in [-0.15, -0.1) is 7.92 Å². The van der Waals surface area contributed by atoms with Crippen molar-refractivity contribution in [2.45, 2.75) is 39.2 Å². The Balaban J connectivity index is 2.62. The third-order valence-electron chi connectivity index (χ3n) is 3.21. The molecule has 1 heterocycles. The molecule has 0 unspecified atom stereocenters. The van der Waals surface area contributed by atoms with E-state index in [1.807, 2.05) is 0 Å². The minimum absolute atomic E-state index is 0.0591. The fraction of sp³-hybridized carbons (Fsp3) is 1.00. The van der Waals surface area contributed by atoms with Crippen LogP contribution in [0, 0.1) is 5.41 Å². The Morgan fingerprint density at radius 3 is 1.92 bits per heavy atom. The van der Waals surface area contributed by atoms with Gasteiger partial charge in [-0.1, -0.05) is 20.8 Å². The van der Waals surface area contributed by atoms with E-state index in [0.29, 0.717) is 0 Å². The van der Waals surface area contributed by atoms with Gasteiger partial charge in [0.2, 0.25) is 0 Å². The molecule has 1 aliphatic heterocycles. The third kappa shape index (κ3) is 2.00. The molecule has 0 aliphatic carbocycles. The maximum Gasteiger partial charge on any atom is 0.0702 e. The van der Waals surface area contributed by atoms with Crippen LogP contribution in [0.1, 0.15) is 33.6 Å². The molecule has 0 radical (unpaired) electrons. The van der Waals surface area contributed by atoms with E-state index in [0.717, 1.165) is 12.8 Å². The van der Waals surface area contributed by atoms with Crippen LogP contribution in [-0.4, -0.2) is 29.7 Å². The van der Waals surface area contributed by atoms with Crippen LogP contribution < -0.4 is 0 Å². The molecule has 0 atom stereocenters. The SMILES string of the molecule is CP1CCC(O)(C(C)(C)C)CC1. The van der Waals surface area contributed by atoms with Crippen molar-refractivity contribution >= 4 is 7.92 Å². The molecule has 1 aliphatic rings. The number of hydrogen-bond acceptors (Lipinski definition) is 1. The highest BCUT2D eigenvalue weighted by Crippen LogP contribution is 2.47. The van der Waals surface area contributed by atoms with Gasteiger partial charge in [-0.25, -0.2) is 0 Å². The zero-order valence-corrected chi connectivity index (χ0v) is 9.62. The van der Waals surface area contributed by atoms with Crippen molar-refractivity contribution in [2.24, 2.45) is 5.41 Å². The zero-order chi connectivity index (χ0) is 9.41. The molecule has 12 heavy (non-hydrogen) atoms. The molecule has 72 valence electrons. The first-order valence-corrected chi connectivity index (χ1v) is 6.92. The summed E-state index contributed by atoms with van der Waals surface area (Å²) in [4.78, 5) is 0. The predicted octanol–water partition coefficient (Wildman–Crippen LogP) is 2.67. The van der Waals surface area contributed by atoms with E-state index in [9.17, 15) is 5.11 Å². The minimum Gasteiger partial charge on any atom is -0.389 e. The van der Waals surface area contributed by atoms with E-state index >= 15 is 0 Å². The lowest BCUT2D eigenvalue weighted by Gasteiger charge is -2.44. The van der Waals surface area contributed by atoms with Crippen molar-refractivity contribution in [1.29, 1.82) is 0 Å². The summed E-state index contributed by atoms with van der Waals surface area (Å²) in [5.74, 6) is 0. The van der Waals surface area contributed by atoms with Gasteiger partial charge in [-0.3, -0.25) is 0 Å². The molecule has 0 spiro atoms. The lowest BCUT2D eigenvalue weighted by Crippen LogP contribution is -2.45. The Hall–Kier alpha value is 0.390. The van der Waals surface area contributed by atoms with Gasteiger partial charge in [-0.05, 0) is 37.2 Å². The van der Waals surface area contributed by atoms with Crippen LogP contribution in [0.3, 0.4) is 0 Å². The highest BCUT2D eigenvalue weighted by Gasteiger charge is 2.41. The maximum atomic E-state index is 10.3. The minimum atomic E-state index is -0.387. The Kier molecular flexibility index (Phi) is 2.85. The number of rotatable bonds is 0. The van der Waals surface area contributed by atoms with E-state index in [4.69, 9.17) is 0 Å². The summed E-state index contributed by atoms with van der Waals surface area (Å²) in [5, 5.41) is 10.3. The highest BCUT2D eigenvalue weighted by atomic mass is 31.1. The summed E-state index contributed by atoms with van der Waals surface area (Å²) in [6.45, 7) is 8.79. The quantitative estimate of drug-likeness (QED) is 0.579. The monoisotopic (exact) mass is 188 g/mol. The fourth-order valence-corrected chi connectivity index (χ4v) is 3.47. The number of aliphatic hydroxyl groups is 1. The fourth-order valence-electron chi connectivity index (χ4n) is 1.74. The highest BCUT2D eigenvalue weighted by molar-refractivity contribution is 7.56. The van der Waals surface area contributed by atoms with Gasteiger partial charge < -0.3 is 5.11 Å². The van der Waals surface area contributed by atoms with Crippen LogP contribution in [0.4, 0.5) is 0 Å². The average Bonchev–Trinajstić information content (AvgIpc) is 1.93. The molecule has 1 nitrogen and oxygen atoms in total. The normalized spacial score (nSPS) is 38.2. The predicted molar refractivity (Wildman–Crippen MR) is 56.2 cm³/mol. The molecule has 0 aromatic heterocycles. The molecule has 0 saturated carbocycles. The van der Waals surface area contributed by atoms with E-state index in [1.165, 1.54) is 12.3 Å². The van der Waals surface area contributed by atoms with Crippen molar-refractivity contribution in [3.05, 3.63) is 0 Å². The van der Waals surface area contributed by atoms with Crippen LogP contribution >= 0.6 is 7.92 Å². The first-order valence-electron chi connectivity index (χ1n) is 4.76. The van der Waals surface area contributed by atoms with Gasteiger partial charge in [0.15, 0.2) is 0 Å². The largest absolute Gasteiger partial charge is 0.389 e. The Bertz CT molecular complexity index is 152. The molecule has 1 rings (SSSR count). The van der Waals surface area contributed by atoms with Gasteiger partial charge in [0, 0.05) is 0 Å².